The Labute approximate surface area is 174 Å². The van der Waals surface area contributed by atoms with Crippen molar-refractivity contribution in [2.45, 2.75) is 29.7 Å². The topological polar surface area (TPSA) is 94.1 Å². The van der Waals surface area contributed by atoms with E-state index in [1.54, 1.807) is 0 Å². The first-order valence-electron chi connectivity index (χ1n) is 9.07. The Balaban J connectivity index is 1.54. The zero-order valence-electron chi connectivity index (χ0n) is 15.3. The lowest BCUT2D eigenvalue weighted by atomic mass is 10.2. The largest absolute Gasteiger partial charge is 0.335 e. The second-order valence-corrected chi connectivity index (χ2v) is 8.68. The molecule has 2 N–H and O–H groups in total. The molecule has 1 saturated heterocycles. The molecule has 4 rings (SSSR count). The van der Waals surface area contributed by atoms with Crippen molar-refractivity contribution in [3.63, 3.8) is 0 Å². The van der Waals surface area contributed by atoms with Gasteiger partial charge in [0.15, 0.2) is 5.82 Å². The molecule has 1 aromatic carbocycles. The van der Waals surface area contributed by atoms with Crippen molar-refractivity contribution in [1.29, 1.82) is 0 Å². The van der Waals surface area contributed by atoms with Crippen LogP contribution < -0.4 is 5.84 Å². The number of rotatable bonds is 4. The molecular formula is C19H18FN5O2S2. The molecule has 1 fully saturated rings. The Bertz CT molecular complexity index is 1020. The standard InChI is InChI=1S/C19H18FN5O2S2/c20-13-8-6-12(7-9-13)17(26)24-10-2-1-4-15(18(24)27)29-19-23-22-16(25(19)21)14-5-3-11-28-14/h3,5-9,11,15H,1-2,4,10,21H2. The quantitative estimate of drug-likeness (QED) is 0.504. The predicted octanol–water partition coefficient (Wildman–Crippen LogP) is 3.17. The number of thioether (sulfide) groups is 1. The second kappa shape index (κ2) is 8.34. The summed E-state index contributed by atoms with van der Waals surface area (Å²) in [6.07, 6.45) is 2.12. The molecule has 1 aliphatic rings. The lowest BCUT2D eigenvalue weighted by Gasteiger charge is -2.22. The summed E-state index contributed by atoms with van der Waals surface area (Å²) in [5.41, 5.74) is 0.285. The van der Waals surface area contributed by atoms with Crippen molar-refractivity contribution in [2.75, 3.05) is 12.4 Å². The highest BCUT2D eigenvalue weighted by Gasteiger charge is 2.33. The molecular weight excluding hydrogens is 413 g/mol. The van der Waals surface area contributed by atoms with E-state index in [-0.39, 0.29) is 11.5 Å². The van der Waals surface area contributed by atoms with Gasteiger partial charge in [0, 0.05) is 12.1 Å². The summed E-state index contributed by atoms with van der Waals surface area (Å²) in [7, 11) is 0. The number of carbonyl (C=O) groups excluding carboxylic acids is 2. The first kappa shape index (κ1) is 19.6. The molecule has 3 aromatic rings. The molecule has 2 aromatic heterocycles. The number of hydrogen-bond acceptors (Lipinski definition) is 7. The van der Waals surface area contributed by atoms with Gasteiger partial charge in [-0.1, -0.05) is 24.2 Å². The van der Waals surface area contributed by atoms with Crippen LogP contribution in [0.1, 0.15) is 29.6 Å². The van der Waals surface area contributed by atoms with Gasteiger partial charge in [-0.3, -0.25) is 14.5 Å². The summed E-state index contributed by atoms with van der Waals surface area (Å²) in [6.45, 7) is 0.335. The van der Waals surface area contributed by atoms with Gasteiger partial charge in [0.1, 0.15) is 5.82 Å². The van der Waals surface area contributed by atoms with Crippen LogP contribution in [0.2, 0.25) is 0 Å². The van der Waals surface area contributed by atoms with Gasteiger partial charge in [0.05, 0.1) is 10.1 Å². The number of likely N-dealkylation sites (tertiary alicyclic amines) is 1. The van der Waals surface area contributed by atoms with Crippen molar-refractivity contribution in [3.05, 3.63) is 53.2 Å². The van der Waals surface area contributed by atoms with Crippen LogP contribution >= 0.6 is 23.1 Å². The first-order chi connectivity index (χ1) is 14.0. The fourth-order valence-electron chi connectivity index (χ4n) is 3.12. The fourth-order valence-corrected chi connectivity index (χ4v) is 4.89. The Morgan fingerprint density at radius 2 is 2.00 bits per heavy atom. The summed E-state index contributed by atoms with van der Waals surface area (Å²) in [6, 6.07) is 9.00. The van der Waals surface area contributed by atoms with Gasteiger partial charge in [0.2, 0.25) is 11.1 Å². The third-order valence-corrected chi connectivity index (χ3v) is 6.71. The molecule has 0 spiro atoms. The Morgan fingerprint density at radius 3 is 2.72 bits per heavy atom. The van der Waals surface area contributed by atoms with E-state index >= 15 is 0 Å². The third kappa shape index (κ3) is 4.03. The number of halogens is 1. The highest BCUT2D eigenvalue weighted by molar-refractivity contribution is 8.00. The minimum atomic E-state index is -0.496. The van der Waals surface area contributed by atoms with Gasteiger partial charge >= 0.3 is 0 Å². The molecule has 3 heterocycles. The zero-order chi connectivity index (χ0) is 20.4. The Hall–Kier alpha value is -2.72. The van der Waals surface area contributed by atoms with Crippen LogP contribution in [0.5, 0.6) is 0 Å². The summed E-state index contributed by atoms with van der Waals surface area (Å²) in [5, 5.41) is 10.1. The zero-order valence-corrected chi connectivity index (χ0v) is 17.0. The molecule has 0 bridgehead atoms. The van der Waals surface area contributed by atoms with Crippen LogP contribution in [0.15, 0.2) is 46.9 Å². The monoisotopic (exact) mass is 431 g/mol. The van der Waals surface area contributed by atoms with Crippen molar-refractivity contribution in [2.24, 2.45) is 0 Å². The number of carbonyl (C=O) groups is 2. The Kier molecular flexibility index (Phi) is 5.63. The number of thiophene rings is 1. The molecule has 7 nitrogen and oxygen atoms in total. The number of nitrogens with two attached hydrogens (primary N) is 1. The van der Waals surface area contributed by atoms with Gasteiger partial charge < -0.3 is 5.84 Å². The number of amides is 2. The van der Waals surface area contributed by atoms with E-state index in [1.165, 1.54) is 56.9 Å². The van der Waals surface area contributed by atoms with Gasteiger partial charge in [-0.05, 0) is 48.6 Å². The van der Waals surface area contributed by atoms with E-state index in [0.29, 0.717) is 30.4 Å². The number of nitrogens with zero attached hydrogens (tertiary/aromatic N) is 4. The van der Waals surface area contributed by atoms with Gasteiger partial charge in [-0.15, -0.1) is 21.5 Å². The number of hydrogen-bond donors (Lipinski definition) is 1. The van der Waals surface area contributed by atoms with E-state index in [4.69, 9.17) is 5.84 Å². The summed E-state index contributed by atoms with van der Waals surface area (Å²) < 4.78 is 14.5. The normalized spacial score (nSPS) is 17.3. The Morgan fingerprint density at radius 1 is 1.21 bits per heavy atom. The second-order valence-electron chi connectivity index (χ2n) is 6.56. The summed E-state index contributed by atoms with van der Waals surface area (Å²) >= 11 is 2.71. The number of imide groups is 1. The molecule has 29 heavy (non-hydrogen) atoms. The number of aromatic nitrogens is 3. The van der Waals surface area contributed by atoms with Crippen molar-refractivity contribution in [3.8, 4) is 10.7 Å². The lowest BCUT2D eigenvalue weighted by molar-refractivity contribution is -0.127. The average Bonchev–Trinajstić information content (AvgIpc) is 3.32. The van der Waals surface area contributed by atoms with Crippen LogP contribution in [-0.2, 0) is 4.79 Å². The molecule has 0 saturated carbocycles. The lowest BCUT2D eigenvalue weighted by Crippen LogP contribution is -2.41. The third-order valence-electron chi connectivity index (χ3n) is 4.63. The highest BCUT2D eigenvalue weighted by atomic mass is 32.2. The van der Waals surface area contributed by atoms with Crippen molar-refractivity contribution >= 4 is 34.9 Å². The molecule has 1 aliphatic heterocycles. The summed E-state index contributed by atoms with van der Waals surface area (Å²) in [4.78, 5) is 28.0. The van der Waals surface area contributed by atoms with Gasteiger partial charge in [-0.2, -0.15) is 0 Å². The van der Waals surface area contributed by atoms with Crippen molar-refractivity contribution < 1.29 is 14.0 Å². The molecule has 2 amide bonds. The van der Waals surface area contributed by atoms with E-state index in [2.05, 4.69) is 10.2 Å². The molecule has 10 heteroatoms. The minimum absolute atomic E-state index is 0.285. The maximum Gasteiger partial charge on any atom is 0.260 e. The van der Waals surface area contributed by atoms with Crippen LogP contribution in [0, 0.1) is 5.82 Å². The van der Waals surface area contributed by atoms with Crippen LogP contribution in [0.25, 0.3) is 10.7 Å². The number of benzene rings is 1. The van der Waals surface area contributed by atoms with E-state index in [9.17, 15) is 14.0 Å². The molecule has 0 aliphatic carbocycles. The molecule has 150 valence electrons. The predicted molar refractivity (Wildman–Crippen MR) is 109 cm³/mol. The van der Waals surface area contributed by atoms with Crippen LogP contribution in [0.4, 0.5) is 4.39 Å². The average molecular weight is 432 g/mol. The highest BCUT2D eigenvalue weighted by Crippen LogP contribution is 2.31. The maximum atomic E-state index is 13.2. The van der Waals surface area contributed by atoms with Gasteiger partial charge in [0.25, 0.3) is 5.91 Å². The smallest absolute Gasteiger partial charge is 0.260 e. The SMILES string of the molecule is Nn1c(SC2CCCCN(C(=O)c3ccc(F)cc3)C2=O)nnc1-c1cccs1. The van der Waals surface area contributed by atoms with E-state index in [0.717, 1.165) is 11.3 Å². The molecule has 1 unspecified atom stereocenters. The fraction of sp³-hybridized carbons (Fsp3) is 0.263. The maximum absolute atomic E-state index is 13.2. The van der Waals surface area contributed by atoms with E-state index < -0.39 is 17.0 Å². The molecule has 0 radical (unpaired) electrons. The minimum Gasteiger partial charge on any atom is -0.335 e. The number of nitrogen functional groups attached to an aromatic ring is 1. The van der Waals surface area contributed by atoms with Crippen LogP contribution in [0.3, 0.4) is 0 Å². The van der Waals surface area contributed by atoms with Gasteiger partial charge in [-0.25, -0.2) is 9.07 Å². The van der Waals surface area contributed by atoms with Crippen LogP contribution in [-0.4, -0.2) is 43.4 Å². The van der Waals surface area contributed by atoms with Crippen molar-refractivity contribution in [1.82, 2.24) is 19.8 Å². The summed E-state index contributed by atoms with van der Waals surface area (Å²) in [5.74, 6) is 5.54. The first-order valence-corrected chi connectivity index (χ1v) is 10.8. The molecule has 1 atom stereocenters. The van der Waals surface area contributed by atoms with E-state index in [1.807, 2.05) is 17.5 Å².